The number of aromatic amines is 2. The molecule has 0 aliphatic rings. The molecule has 0 bridgehead atoms. The summed E-state index contributed by atoms with van der Waals surface area (Å²) in [4.78, 5) is 20.5. The van der Waals surface area contributed by atoms with E-state index >= 15 is 0 Å². The predicted octanol–water partition coefficient (Wildman–Crippen LogP) is 7.44. The van der Waals surface area contributed by atoms with Gasteiger partial charge >= 0.3 is 0 Å². The second-order valence-electron chi connectivity index (χ2n) is 14.4. The topological polar surface area (TPSA) is 148 Å². The van der Waals surface area contributed by atoms with Crippen molar-refractivity contribution >= 4 is 16.6 Å². The first-order chi connectivity index (χ1) is 26.7. The fourth-order valence-electron chi connectivity index (χ4n) is 8.04. The van der Waals surface area contributed by atoms with E-state index in [0.717, 1.165) is 56.1 Å². The molecule has 6 aromatic rings. The number of aliphatic hydroxyl groups is 2. The number of Topliss-reactive ketones (excluding diaryl/α,β-unsaturated/α-hetero) is 1. The molecular formula is C46H52N2O7. The number of hydrogen-bond donors (Lipinski definition) is 6. The molecule has 2 heterocycles. The van der Waals surface area contributed by atoms with Crippen molar-refractivity contribution < 1.29 is 34.7 Å². The second kappa shape index (κ2) is 18.2. The van der Waals surface area contributed by atoms with Crippen molar-refractivity contribution in [2.45, 2.75) is 64.4 Å². The van der Waals surface area contributed by atoms with Gasteiger partial charge in [0.2, 0.25) is 0 Å². The number of fused-ring (bicyclic) bond motifs is 1. The number of nitrogens with one attached hydrogen (secondary N) is 2. The van der Waals surface area contributed by atoms with Crippen LogP contribution in [0.25, 0.3) is 10.8 Å². The molecule has 0 unspecified atom stereocenters. The minimum Gasteiger partial charge on any atom is -0.504 e. The second-order valence-corrected chi connectivity index (χ2v) is 14.4. The van der Waals surface area contributed by atoms with Gasteiger partial charge in [0, 0.05) is 55.7 Å². The molecule has 55 heavy (non-hydrogen) atoms. The highest BCUT2D eigenvalue weighted by molar-refractivity contribution is 5.90. The molecule has 0 spiro atoms. The quantitative estimate of drug-likeness (QED) is 0.0505. The lowest BCUT2D eigenvalue weighted by atomic mass is 9.81. The normalized spacial score (nSPS) is 13.1. The number of aromatic hydroxyl groups is 2. The van der Waals surface area contributed by atoms with Crippen LogP contribution in [0.5, 0.6) is 23.0 Å². The van der Waals surface area contributed by atoms with Gasteiger partial charge in [-0.05, 0) is 124 Å². The number of phenols is 2. The van der Waals surface area contributed by atoms with Gasteiger partial charge in [-0.2, -0.15) is 0 Å². The number of aromatic nitrogens is 2. The molecule has 0 amide bonds. The van der Waals surface area contributed by atoms with Gasteiger partial charge in [0.05, 0.1) is 20.3 Å². The molecule has 6 N–H and O–H groups in total. The van der Waals surface area contributed by atoms with Crippen LogP contribution in [0, 0.1) is 11.8 Å². The number of carbonyl (C=O) groups excluding carboxylic acids is 1. The maximum atomic E-state index is 14.3. The average molecular weight is 745 g/mol. The molecule has 0 fully saturated rings. The van der Waals surface area contributed by atoms with Crippen LogP contribution in [-0.2, 0) is 49.7 Å². The highest BCUT2D eigenvalue weighted by Gasteiger charge is 2.29. The van der Waals surface area contributed by atoms with Crippen LogP contribution >= 0.6 is 0 Å². The third-order valence-electron chi connectivity index (χ3n) is 10.9. The van der Waals surface area contributed by atoms with Crippen LogP contribution in [0.4, 0.5) is 0 Å². The number of ether oxygens (including phenoxy) is 2. The van der Waals surface area contributed by atoms with Crippen molar-refractivity contribution in [1.29, 1.82) is 0 Å². The Labute approximate surface area is 322 Å². The van der Waals surface area contributed by atoms with Crippen LogP contribution in [0.15, 0.2) is 97.6 Å². The number of rotatable bonds is 19. The predicted molar refractivity (Wildman–Crippen MR) is 215 cm³/mol. The molecule has 0 aliphatic heterocycles. The first kappa shape index (κ1) is 39.2. The number of benzene rings is 4. The molecule has 2 aromatic heterocycles. The first-order valence-corrected chi connectivity index (χ1v) is 19.0. The Kier molecular flexibility index (Phi) is 13.0. The van der Waals surface area contributed by atoms with Crippen molar-refractivity contribution in [2.24, 2.45) is 11.8 Å². The van der Waals surface area contributed by atoms with Crippen LogP contribution < -0.4 is 9.47 Å². The van der Waals surface area contributed by atoms with E-state index in [-0.39, 0.29) is 36.2 Å². The maximum Gasteiger partial charge on any atom is 0.164 e. The van der Waals surface area contributed by atoms with E-state index in [4.69, 9.17) is 9.47 Å². The van der Waals surface area contributed by atoms with Crippen molar-refractivity contribution in [3.8, 4) is 23.0 Å². The van der Waals surface area contributed by atoms with Crippen LogP contribution in [0.1, 0.15) is 57.9 Å². The summed E-state index contributed by atoms with van der Waals surface area (Å²) in [5.41, 5.74) is 7.95. The van der Waals surface area contributed by atoms with Crippen LogP contribution in [0.2, 0.25) is 0 Å². The summed E-state index contributed by atoms with van der Waals surface area (Å²) in [6.45, 7) is 2.16. The highest BCUT2D eigenvalue weighted by Crippen LogP contribution is 2.39. The van der Waals surface area contributed by atoms with Gasteiger partial charge in [0.15, 0.2) is 23.0 Å². The van der Waals surface area contributed by atoms with Gasteiger partial charge in [-0.15, -0.1) is 0 Å². The fourth-order valence-corrected chi connectivity index (χ4v) is 8.04. The molecule has 4 aromatic carbocycles. The summed E-state index contributed by atoms with van der Waals surface area (Å²) < 4.78 is 11.2. The van der Waals surface area contributed by atoms with Crippen molar-refractivity contribution in [1.82, 2.24) is 9.97 Å². The fraction of sp³-hybridized carbons (Fsp3) is 0.326. The smallest absolute Gasteiger partial charge is 0.164 e. The third kappa shape index (κ3) is 9.24. The number of methoxy groups -OCH3 is 2. The number of H-pyrrole nitrogens is 2. The average Bonchev–Trinajstić information content (AvgIpc) is 3.91. The standard InChI is InChI=1S/C46H52N2O7/c1-4-32-9-10-33-6-5-7-34(16-19-49)45(33)38(32)25-39-35(11-13-41(51)46(39)55-3)24-37(22-31-15-18-48-28-31)43(53)26-42(52)36(21-30-14-17-47-27-30)20-29-8-12-40(50)44(23-29)54-2/h5-15,17-18,23,27-28,36-37,43,47-51,53H,4,16,19-22,24-26H2,1-3H3/t36-,37-,43+/m0/s1. The van der Waals surface area contributed by atoms with Gasteiger partial charge in [0.1, 0.15) is 5.78 Å². The van der Waals surface area contributed by atoms with E-state index in [2.05, 4.69) is 41.2 Å². The largest absolute Gasteiger partial charge is 0.504 e. The lowest BCUT2D eigenvalue weighted by Crippen LogP contribution is -2.31. The number of aryl methyl sites for hydroxylation is 1. The highest BCUT2D eigenvalue weighted by atomic mass is 16.5. The summed E-state index contributed by atoms with van der Waals surface area (Å²) in [5.74, 6) is -0.0322. The summed E-state index contributed by atoms with van der Waals surface area (Å²) in [7, 11) is 3.05. The summed E-state index contributed by atoms with van der Waals surface area (Å²) in [6, 6.07) is 23.1. The van der Waals surface area contributed by atoms with Gasteiger partial charge in [-0.3, -0.25) is 4.79 Å². The minimum absolute atomic E-state index is 0.0300. The lowest BCUT2D eigenvalue weighted by Gasteiger charge is -2.26. The third-order valence-corrected chi connectivity index (χ3v) is 10.9. The van der Waals surface area contributed by atoms with E-state index in [1.54, 1.807) is 31.4 Å². The Morgan fingerprint density at radius 3 is 2.13 bits per heavy atom. The monoisotopic (exact) mass is 744 g/mol. The van der Waals surface area contributed by atoms with Crippen LogP contribution in [-0.4, -0.2) is 63.1 Å². The lowest BCUT2D eigenvalue weighted by molar-refractivity contribution is -0.125. The van der Waals surface area contributed by atoms with E-state index in [9.17, 15) is 25.2 Å². The zero-order chi connectivity index (χ0) is 38.9. The molecule has 9 heteroatoms. The van der Waals surface area contributed by atoms with E-state index in [1.807, 2.05) is 49.1 Å². The Bertz CT molecular complexity index is 2180. The molecule has 288 valence electrons. The number of phenolic OH excluding ortho intramolecular Hbond substituents is 2. The Balaban J connectivity index is 1.35. The molecule has 3 atom stereocenters. The van der Waals surface area contributed by atoms with E-state index < -0.39 is 12.0 Å². The first-order valence-electron chi connectivity index (χ1n) is 19.0. The number of carbonyl (C=O) groups is 1. The molecular weight excluding hydrogens is 693 g/mol. The zero-order valence-corrected chi connectivity index (χ0v) is 31.8. The Morgan fingerprint density at radius 1 is 0.745 bits per heavy atom. The number of aliphatic hydroxyl groups excluding tert-OH is 2. The van der Waals surface area contributed by atoms with Crippen molar-refractivity contribution in [3.63, 3.8) is 0 Å². The minimum atomic E-state index is -0.974. The summed E-state index contributed by atoms with van der Waals surface area (Å²) in [5, 5.41) is 45.5. The Hall–Kier alpha value is -5.51. The summed E-state index contributed by atoms with van der Waals surface area (Å²) >= 11 is 0. The zero-order valence-electron chi connectivity index (χ0n) is 31.8. The summed E-state index contributed by atoms with van der Waals surface area (Å²) in [6.07, 6.45) is 10.1. The van der Waals surface area contributed by atoms with Gasteiger partial charge in [0.25, 0.3) is 0 Å². The van der Waals surface area contributed by atoms with E-state index in [1.165, 1.54) is 12.7 Å². The molecule has 6 rings (SSSR count). The van der Waals surface area contributed by atoms with Crippen molar-refractivity contribution in [3.05, 3.63) is 142 Å². The van der Waals surface area contributed by atoms with Crippen LogP contribution in [0.3, 0.4) is 0 Å². The molecule has 0 radical (unpaired) electrons. The van der Waals surface area contributed by atoms with Gasteiger partial charge < -0.3 is 39.9 Å². The molecule has 0 saturated carbocycles. The SMILES string of the molecule is CCc1ccc2cccc(CCO)c2c1Cc1c(C[C@H](Cc2cc[nH]c2)[C@H](O)CC(=O)[C@H](Cc2cc[nH]c2)Cc2ccc(O)c(OC)c2)ccc(O)c1OC. The van der Waals surface area contributed by atoms with Gasteiger partial charge in [-0.25, -0.2) is 0 Å². The molecule has 9 nitrogen and oxygen atoms in total. The van der Waals surface area contributed by atoms with Gasteiger partial charge in [-0.1, -0.05) is 49.4 Å². The Morgan fingerprint density at radius 2 is 1.45 bits per heavy atom. The van der Waals surface area contributed by atoms with E-state index in [0.29, 0.717) is 50.0 Å². The van der Waals surface area contributed by atoms with Crippen molar-refractivity contribution in [2.75, 3.05) is 20.8 Å². The molecule has 0 saturated heterocycles. The number of hydrogen-bond acceptors (Lipinski definition) is 7. The number of ketones is 1. The molecule has 0 aliphatic carbocycles. The maximum absolute atomic E-state index is 14.3.